The van der Waals surface area contributed by atoms with Gasteiger partial charge in [-0.1, -0.05) is 42.0 Å². The molecule has 1 unspecified atom stereocenters. The Balaban J connectivity index is 0.000000294. The lowest BCUT2D eigenvalue weighted by atomic mass is 9.76. The lowest BCUT2D eigenvalue weighted by molar-refractivity contribution is -0.137. The van der Waals surface area contributed by atoms with Crippen LogP contribution in [0.25, 0.3) is 16.8 Å². The largest absolute Gasteiger partial charge is 0.417 e. The lowest BCUT2D eigenvalue weighted by Crippen LogP contribution is -2.11. The molecule has 0 amide bonds. The van der Waals surface area contributed by atoms with E-state index in [2.05, 4.69) is 22.5 Å². The van der Waals surface area contributed by atoms with Crippen LogP contribution < -0.4 is 5.32 Å². The third kappa shape index (κ3) is 4.10. The van der Waals surface area contributed by atoms with Crippen LogP contribution in [0.3, 0.4) is 0 Å². The highest BCUT2D eigenvalue weighted by Crippen LogP contribution is 2.44. The molecule has 0 radical (unpaired) electrons. The summed E-state index contributed by atoms with van der Waals surface area (Å²) in [5.41, 5.74) is 2.75. The average Bonchev–Trinajstić information content (AvgIpc) is 2.74. The Bertz CT molecular complexity index is 1040. The number of nitrogens with zero attached hydrogens (tertiary/aromatic N) is 1. The Morgan fingerprint density at radius 1 is 1.14 bits per heavy atom. The van der Waals surface area contributed by atoms with E-state index in [1.54, 1.807) is 12.3 Å². The quantitative estimate of drug-likeness (QED) is 0.498. The summed E-state index contributed by atoms with van der Waals surface area (Å²) in [5, 5.41) is 4.09. The van der Waals surface area contributed by atoms with Gasteiger partial charge in [0.2, 0.25) is 0 Å². The van der Waals surface area contributed by atoms with Crippen molar-refractivity contribution in [1.82, 2.24) is 5.32 Å². The second kappa shape index (κ2) is 8.07. The summed E-state index contributed by atoms with van der Waals surface area (Å²) in [6, 6.07) is 6.36. The number of allylic oxidation sites excluding steroid dienone is 3. The molecule has 0 bridgehead atoms. The Labute approximate surface area is 172 Å². The fourth-order valence-electron chi connectivity index (χ4n) is 4.02. The van der Waals surface area contributed by atoms with Crippen LogP contribution in [-0.4, -0.2) is 12.8 Å². The van der Waals surface area contributed by atoms with Crippen molar-refractivity contribution in [2.24, 2.45) is 4.99 Å². The number of alkyl halides is 3. The van der Waals surface area contributed by atoms with Crippen LogP contribution in [0, 0.1) is 0 Å². The molecule has 3 aliphatic rings. The Hall–Kier alpha value is -2.53. The van der Waals surface area contributed by atoms with Gasteiger partial charge in [-0.25, -0.2) is 0 Å². The van der Waals surface area contributed by atoms with E-state index in [4.69, 9.17) is 11.6 Å². The van der Waals surface area contributed by atoms with Crippen molar-refractivity contribution in [1.29, 1.82) is 0 Å². The summed E-state index contributed by atoms with van der Waals surface area (Å²) >= 11 is 5.91. The first kappa shape index (κ1) is 19.8. The molecule has 0 fully saturated rings. The van der Waals surface area contributed by atoms with Gasteiger partial charge in [0.05, 0.1) is 10.6 Å². The maximum Gasteiger partial charge on any atom is 0.417 e. The predicted molar refractivity (Wildman–Crippen MR) is 113 cm³/mol. The van der Waals surface area contributed by atoms with Gasteiger partial charge in [-0.2, -0.15) is 13.2 Å². The van der Waals surface area contributed by atoms with E-state index in [0.29, 0.717) is 11.3 Å². The van der Waals surface area contributed by atoms with E-state index in [9.17, 15) is 13.2 Å². The van der Waals surface area contributed by atoms with Crippen LogP contribution in [0.5, 0.6) is 0 Å². The van der Waals surface area contributed by atoms with Gasteiger partial charge in [0, 0.05) is 31.1 Å². The third-order valence-electron chi connectivity index (χ3n) is 5.38. The second-order valence-corrected chi connectivity index (χ2v) is 7.60. The number of benzene rings is 2. The summed E-state index contributed by atoms with van der Waals surface area (Å²) in [6.07, 6.45) is 10.6. The first-order chi connectivity index (χ1) is 13.9. The molecule has 29 heavy (non-hydrogen) atoms. The summed E-state index contributed by atoms with van der Waals surface area (Å²) in [6.45, 7) is 0.872. The van der Waals surface area contributed by atoms with Crippen LogP contribution in [0.4, 0.5) is 13.2 Å². The van der Waals surface area contributed by atoms with Crippen LogP contribution in [0.1, 0.15) is 41.9 Å². The van der Waals surface area contributed by atoms with Crippen LogP contribution >= 0.6 is 11.6 Å². The van der Waals surface area contributed by atoms with Gasteiger partial charge in [-0.3, -0.25) is 4.99 Å². The second-order valence-electron chi connectivity index (χ2n) is 7.20. The molecule has 0 saturated heterocycles. The molecule has 1 N–H and O–H groups in total. The number of fused-ring (bicyclic) bond motifs is 5. The molecule has 6 heteroatoms. The van der Waals surface area contributed by atoms with Crippen molar-refractivity contribution in [2.45, 2.75) is 31.4 Å². The van der Waals surface area contributed by atoms with Crippen molar-refractivity contribution in [3.8, 4) is 0 Å². The zero-order valence-corrected chi connectivity index (χ0v) is 16.4. The fourth-order valence-corrected chi connectivity index (χ4v) is 4.29. The number of hydrogen-bond acceptors (Lipinski definition) is 2. The molecule has 1 atom stereocenters. The van der Waals surface area contributed by atoms with Gasteiger partial charge >= 0.3 is 6.18 Å². The Morgan fingerprint density at radius 3 is 2.66 bits per heavy atom. The molecule has 5 rings (SSSR count). The first-order valence-corrected chi connectivity index (χ1v) is 9.94. The third-order valence-corrected chi connectivity index (χ3v) is 5.69. The normalized spacial score (nSPS) is 19.6. The number of rotatable bonds is 0. The van der Waals surface area contributed by atoms with E-state index in [1.165, 1.54) is 17.2 Å². The number of nitrogens with one attached hydrogen (secondary N) is 1. The molecule has 0 saturated carbocycles. The highest BCUT2D eigenvalue weighted by molar-refractivity contribution is 6.32. The minimum Gasteiger partial charge on any atom is -0.385 e. The summed E-state index contributed by atoms with van der Waals surface area (Å²) in [7, 11) is 0. The van der Waals surface area contributed by atoms with Gasteiger partial charge in [0.25, 0.3) is 0 Å². The molecule has 2 aromatic carbocycles. The van der Waals surface area contributed by atoms with Gasteiger partial charge in [-0.05, 0) is 58.9 Å². The lowest BCUT2D eigenvalue weighted by Gasteiger charge is -2.28. The zero-order chi connectivity index (χ0) is 20.4. The van der Waals surface area contributed by atoms with E-state index in [0.717, 1.165) is 42.8 Å². The standard InChI is InChI=1S/C19H14ClF3.C4H6N2/c20-18-10-16-12(9-17(18)19(21,22)23)6-8-14-13-4-2-1-3-11(13)5-7-15(14)16;1-2-6-4-3-5-1/h3,5-10,13H,1-2,4H2;1-3,6H,4H2. The predicted octanol–water partition coefficient (Wildman–Crippen LogP) is 6.86. The molecular weight excluding hydrogens is 397 g/mol. The van der Waals surface area contributed by atoms with Gasteiger partial charge in [0.1, 0.15) is 0 Å². The maximum atomic E-state index is 13.0. The van der Waals surface area contributed by atoms with Gasteiger partial charge in [-0.15, -0.1) is 0 Å². The fraction of sp³-hybridized carbons (Fsp3) is 0.261. The van der Waals surface area contributed by atoms with Gasteiger partial charge < -0.3 is 5.32 Å². The van der Waals surface area contributed by atoms with Crippen LogP contribution in [0.2, 0.25) is 5.02 Å². The molecule has 150 valence electrons. The average molecular weight is 417 g/mol. The number of halogens is 4. The molecule has 1 aliphatic heterocycles. The molecule has 2 nitrogen and oxygen atoms in total. The SMILES string of the molecule is C1=CNCC=N1.FC(F)(F)c1cc2ccc3c(c2cc1Cl)C=CC1=CCCCC13. The number of aliphatic imine (C=N–C) groups is 1. The highest BCUT2D eigenvalue weighted by Gasteiger charge is 2.34. The van der Waals surface area contributed by atoms with Crippen molar-refractivity contribution in [3.63, 3.8) is 0 Å². The summed E-state index contributed by atoms with van der Waals surface area (Å²) in [5.74, 6) is 0.356. The van der Waals surface area contributed by atoms with E-state index in [1.807, 2.05) is 24.6 Å². The van der Waals surface area contributed by atoms with Crippen LogP contribution in [-0.2, 0) is 6.18 Å². The number of hydrogen-bond donors (Lipinski definition) is 1. The van der Waals surface area contributed by atoms with Crippen LogP contribution in [0.15, 0.2) is 59.4 Å². The van der Waals surface area contributed by atoms with Crippen molar-refractivity contribution in [2.75, 3.05) is 6.54 Å². The molecular formula is C23H20ClF3N2. The molecule has 0 aromatic heterocycles. The van der Waals surface area contributed by atoms with E-state index >= 15 is 0 Å². The Kier molecular flexibility index (Phi) is 5.50. The van der Waals surface area contributed by atoms with Gasteiger partial charge in [0.15, 0.2) is 0 Å². The van der Waals surface area contributed by atoms with Crippen molar-refractivity contribution >= 4 is 34.7 Å². The summed E-state index contributed by atoms with van der Waals surface area (Å²) < 4.78 is 39.1. The minimum atomic E-state index is -4.43. The molecule has 1 heterocycles. The monoisotopic (exact) mass is 416 g/mol. The van der Waals surface area contributed by atoms with Crippen molar-refractivity contribution < 1.29 is 13.2 Å². The minimum absolute atomic E-state index is 0.239. The molecule has 0 spiro atoms. The first-order valence-electron chi connectivity index (χ1n) is 9.56. The smallest absolute Gasteiger partial charge is 0.385 e. The van der Waals surface area contributed by atoms with E-state index in [-0.39, 0.29) is 5.02 Å². The maximum absolute atomic E-state index is 13.0. The Morgan fingerprint density at radius 2 is 2.00 bits per heavy atom. The zero-order valence-electron chi connectivity index (χ0n) is 15.6. The molecule has 2 aliphatic carbocycles. The topological polar surface area (TPSA) is 24.4 Å². The van der Waals surface area contributed by atoms with Crippen molar-refractivity contribution in [3.05, 3.63) is 76.1 Å². The molecule has 2 aromatic rings. The van der Waals surface area contributed by atoms with E-state index < -0.39 is 11.7 Å². The summed E-state index contributed by atoms with van der Waals surface area (Å²) in [4.78, 5) is 3.81. The highest BCUT2D eigenvalue weighted by atomic mass is 35.5.